The summed E-state index contributed by atoms with van der Waals surface area (Å²) >= 11 is 0. The molecule has 0 radical (unpaired) electrons. The van der Waals surface area contributed by atoms with Gasteiger partial charge in [0, 0.05) is 25.1 Å². The van der Waals surface area contributed by atoms with Crippen LogP contribution in [0.3, 0.4) is 0 Å². The van der Waals surface area contributed by atoms with Crippen LogP contribution in [0.2, 0.25) is 0 Å². The first-order valence-corrected chi connectivity index (χ1v) is 15.0. The standard InChI is InChI=1S/C30H51N3O11/c1-23(2)28(24(3)34)32-29(38)30(4,5)22-31-25(35)8-10-39-12-14-41-16-18-43-20-21-44-19-17-42-15-13-40-11-9-33-26(36)6-7-27(33)37/h6-7,23,28H,8-22H2,1-5H3,(H,31,35)(H,32,38)/t28-/m0/s1. The minimum atomic E-state index is -0.867. The number of Topliss-reactive ketones (excluding diaryl/α,β-unsaturated/α-hetero) is 1. The van der Waals surface area contributed by atoms with E-state index in [2.05, 4.69) is 10.6 Å². The number of amides is 4. The number of carbonyl (C=O) groups is 5. The molecule has 0 aliphatic carbocycles. The Morgan fingerprint density at radius 1 is 0.727 bits per heavy atom. The third-order valence-corrected chi connectivity index (χ3v) is 6.43. The van der Waals surface area contributed by atoms with Gasteiger partial charge in [-0.15, -0.1) is 0 Å². The van der Waals surface area contributed by atoms with Crippen LogP contribution in [0.15, 0.2) is 12.2 Å². The number of nitrogens with zero attached hydrogens (tertiary/aromatic N) is 1. The predicted molar refractivity (Wildman–Crippen MR) is 160 cm³/mol. The topological polar surface area (TPSA) is 168 Å². The maximum atomic E-state index is 12.6. The lowest BCUT2D eigenvalue weighted by Gasteiger charge is -2.28. The van der Waals surface area contributed by atoms with E-state index in [-0.39, 0.29) is 68.1 Å². The van der Waals surface area contributed by atoms with Gasteiger partial charge < -0.3 is 39.1 Å². The van der Waals surface area contributed by atoms with Gasteiger partial charge in [-0.3, -0.25) is 28.9 Å². The molecule has 1 rings (SSSR count). The van der Waals surface area contributed by atoms with Gasteiger partial charge in [-0.1, -0.05) is 13.8 Å². The summed E-state index contributed by atoms with van der Waals surface area (Å²) in [6, 6.07) is -0.552. The molecule has 0 saturated carbocycles. The van der Waals surface area contributed by atoms with Crippen molar-refractivity contribution in [3.63, 3.8) is 0 Å². The van der Waals surface area contributed by atoms with E-state index < -0.39 is 11.5 Å². The third kappa shape index (κ3) is 17.5. The van der Waals surface area contributed by atoms with Crippen molar-refractivity contribution < 1.29 is 52.4 Å². The molecule has 0 fully saturated rings. The molecule has 1 aliphatic heterocycles. The van der Waals surface area contributed by atoms with Gasteiger partial charge in [-0.25, -0.2) is 0 Å². The number of hydrogen-bond donors (Lipinski definition) is 2. The van der Waals surface area contributed by atoms with E-state index in [9.17, 15) is 24.0 Å². The summed E-state index contributed by atoms with van der Waals surface area (Å²) in [4.78, 5) is 60.4. The summed E-state index contributed by atoms with van der Waals surface area (Å²) in [7, 11) is 0. The van der Waals surface area contributed by atoms with E-state index >= 15 is 0 Å². The molecule has 252 valence electrons. The van der Waals surface area contributed by atoms with Crippen molar-refractivity contribution in [3.8, 4) is 0 Å². The molecule has 1 aliphatic rings. The van der Waals surface area contributed by atoms with E-state index in [4.69, 9.17) is 28.4 Å². The molecule has 0 aromatic carbocycles. The lowest BCUT2D eigenvalue weighted by atomic mass is 9.90. The highest BCUT2D eigenvalue weighted by atomic mass is 16.6. The molecule has 1 heterocycles. The average Bonchev–Trinajstić information content (AvgIpc) is 3.29. The zero-order valence-electron chi connectivity index (χ0n) is 26.9. The highest BCUT2D eigenvalue weighted by Crippen LogP contribution is 2.15. The van der Waals surface area contributed by atoms with Crippen molar-refractivity contribution in [3.05, 3.63) is 12.2 Å². The number of carbonyl (C=O) groups excluding carboxylic acids is 5. The normalized spacial score (nSPS) is 14.0. The molecule has 0 aromatic heterocycles. The van der Waals surface area contributed by atoms with Crippen LogP contribution < -0.4 is 10.6 Å². The van der Waals surface area contributed by atoms with Crippen molar-refractivity contribution in [2.75, 3.05) is 92.4 Å². The van der Waals surface area contributed by atoms with Gasteiger partial charge in [0.1, 0.15) is 0 Å². The molecular weight excluding hydrogens is 578 g/mol. The molecule has 44 heavy (non-hydrogen) atoms. The van der Waals surface area contributed by atoms with Crippen molar-refractivity contribution in [1.82, 2.24) is 15.5 Å². The molecule has 0 aromatic rings. The third-order valence-electron chi connectivity index (χ3n) is 6.43. The van der Waals surface area contributed by atoms with Crippen molar-refractivity contribution in [2.24, 2.45) is 11.3 Å². The Bertz CT molecular complexity index is 906. The van der Waals surface area contributed by atoms with Crippen LogP contribution in [0.1, 0.15) is 41.0 Å². The smallest absolute Gasteiger partial charge is 0.253 e. The zero-order valence-corrected chi connectivity index (χ0v) is 26.9. The fourth-order valence-corrected chi connectivity index (χ4v) is 3.74. The Hall–Kier alpha value is -2.75. The summed E-state index contributed by atoms with van der Waals surface area (Å²) in [6.07, 6.45) is 2.64. The van der Waals surface area contributed by atoms with Crippen LogP contribution in [0, 0.1) is 11.3 Å². The highest BCUT2D eigenvalue weighted by molar-refractivity contribution is 6.12. The zero-order chi connectivity index (χ0) is 32.8. The number of hydrogen-bond acceptors (Lipinski definition) is 11. The van der Waals surface area contributed by atoms with Gasteiger partial charge in [0.2, 0.25) is 11.8 Å². The molecular formula is C30H51N3O11. The predicted octanol–water partition coefficient (Wildman–Crippen LogP) is 0.273. The fraction of sp³-hybridized carbons (Fsp3) is 0.767. The van der Waals surface area contributed by atoms with E-state index in [1.165, 1.54) is 19.1 Å². The van der Waals surface area contributed by atoms with Crippen molar-refractivity contribution >= 4 is 29.4 Å². The summed E-state index contributed by atoms with van der Waals surface area (Å²) in [6.45, 7) is 13.4. The maximum Gasteiger partial charge on any atom is 0.253 e. The van der Waals surface area contributed by atoms with Gasteiger partial charge in [0.15, 0.2) is 5.78 Å². The number of nitrogens with one attached hydrogen (secondary N) is 2. The molecule has 2 N–H and O–H groups in total. The number of ketones is 1. The first-order valence-electron chi connectivity index (χ1n) is 15.0. The Labute approximate surface area is 260 Å². The lowest BCUT2D eigenvalue weighted by molar-refractivity contribution is -0.138. The average molecular weight is 630 g/mol. The number of imide groups is 1. The Morgan fingerprint density at radius 3 is 1.55 bits per heavy atom. The Kier molecular flexibility index (Phi) is 20.3. The summed E-state index contributed by atoms with van der Waals surface area (Å²) in [5.41, 5.74) is -0.867. The quantitative estimate of drug-likeness (QED) is 0.0946. The number of rotatable bonds is 27. The van der Waals surface area contributed by atoms with Crippen LogP contribution in [0.25, 0.3) is 0 Å². The van der Waals surface area contributed by atoms with E-state index in [0.29, 0.717) is 66.1 Å². The maximum absolute atomic E-state index is 12.6. The Balaban J connectivity index is 1.86. The molecule has 0 saturated heterocycles. The van der Waals surface area contributed by atoms with Crippen LogP contribution in [-0.2, 0) is 52.4 Å². The SMILES string of the molecule is CC(=O)[C@@H](NC(=O)C(C)(C)CNC(=O)CCOCCOCCOCCOCCOCCOCCN1C(=O)C=CC1=O)C(C)C. The second kappa shape index (κ2) is 22.7. The van der Waals surface area contributed by atoms with Crippen LogP contribution >= 0.6 is 0 Å². The van der Waals surface area contributed by atoms with Crippen molar-refractivity contribution in [1.29, 1.82) is 0 Å². The first-order chi connectivity index (χ1) is 21.0. The Morgan fingerprint density at radius 2 is 1.14 bits per heavy atom. The molecule has 0 unspecified atom stereocenters. The molecule has 14 nitrogen and oxygen atoms in total. The minimum Gasteiger partial charge on any atom is -0.379 e. The molecule has 0 spiro atoms. The fourth-order valence-electron chi connectivity index (χ4n) is 3.74. The van der Waals surface area contributed by atoms with Gasteiger partial charge >= 0.3 is 0 Å². The highest BCUT2D eigenvalue weighted by Gasteiger charge is 2.32. The molecule has 4 amide bonds. The van der Waals surface area contributed by atoms with Gasteiger partial charge in [0.05, 0.1) is 97.3 Å². The van der Waals surface area contributed by atoms with Gasteiger partial charge in [-0.05, 0) is 26.7 Å². The van der Waals surface area contributed by atoms with E-state index in [1.54, 1.807) is 13.8 Å². The van der Waals surface area contributed by atoms with E-state index in [0.717, 1.165) is 4.90 Å². The van der Waals surface area contributed by atoms with Crippen LogP contribution in [-0.4, -0.2) is 133 Å². The number of ether oxygens (including phenoxy) is 6. The van der Waals surface area contributed by atoms with Crippen molar-refractivity contribution in [2.45, 2.75) is 47.1 Å². The monoisotopic (exact) mass is 629 g/mol. The van der Waals surface area contributed by atoms with Crippen LogP contribution in [0.4, 0.5) is 0 Å². The largest absolute Gasteiger partial charge is 0.379 e. The summed E-state index contributed by atoms with van der Waals surface area (Å²) in [5.74, 6) is -1.27. The molecule has 1 atom stereocenters. The second-order valence-electron chi connectivity index (χ2n) is 11.1. The minimum absolute atomic E-state index is 0.0212. The lowest BCUT2D eigenvalue weighted by Crippen LogP contribution is -2.51. The first kappa shape index (κ1) is 39.3. The second-order valence-corrected chi connectivity index (χ2v) is 11.1. The van der Waals surface area contributed by atoms with Gasteiger partial charge in [0.25, 0.3) is 11.8 Å². The van der Waals surface area contributed by atoms with E-state index in [1.807, 2.05) is 13.8 Å². The summed E-state index contributed by atoms with van der Waals surface area (Å²) in [5, 5.41) is 5.53. The molecule has 0 bridgehead atoms. The molecule has 14 heteroatoms. The van der Waals surface area contributed by atoms with Gasteiger partial charge in [-0.2, -0.15) is 0 Å². The van der Waals surface area contributed by atoms with Crippen LogP contribution in [0.5, 0.6) is 0 Å². The summed E-state index contributed by atoms with van der Waals surface area (Å²) < 4.78 is 32.5.